The van der Waals surface area contributed by atoms with Gasteiger partial charge in [-0.15, -0.1) is 0 Å². The number of ether oxygens (including phenoxy) is 1. The average molecular weight is 282 g/mol. The van der Waals surface area contributed by atoms with E-state index in [1.807, 2.05) is 30.3 Å². The van der Waals surface area contributed by atoms with Gasteiger partial charge in [-0.25, -0.2) is 9.31 Å². The molecule has 0 radical (unpaired) electrons. The summed E-state index contributed by atoms with van der Waals surface area (Å²) in [5, 5.41) is 13.4. The van der Waals surface area contributed by atoms with E-state index in [9.17, 15) is 9.90 Å². The van der Waals surface area contributed by atoms with E-state index in [1.54, 1.807) is 29.8 Å². The maximum atomic E-state index is 11.3. The Morgan fingerprint density at radius 2 is 2.05 bits per heavy atom. The van der Waals surface area contributed by atoms with E-state index < -0.39 is 5.97 Å². The standard InChI is InChI=1S/C16H14N2O3/c1-11-15(16(19)20)14-9-13(7-8-18(14)17-11)21-10-12-5-3-2-4-6-12/h2-9H,10H2,1H3,(H,19,20). The third-order valence-electron chi connectivity index (χ3n) is 3.24. The lowest BCUT2D eigenvalue weighted by Gasteiger charge is -2.06. The number of nitrogens with zero attached hydrogens (tertiary/aromatic N) is 2. The van der Waals surface area contributed by atoms with Gasteiger partial charge in [-0.1, -0.05) is 30.3 Å². The molecule has 2 heterocycles. The molecule has 0 aliphatic carbocycles. The van der Waals surface area contributed by atoms with Crippen LogP contribution in [0.5, 0.6) is 5.75 Å². The zero-order valence-corrected chi connectivity index (χ0v) is 11.5. The van der Waals surface area contributed by atoms with Crippen molar-refractivity contribution in [2.45, 2.75) is 13.5 Å². The van der Waals surface area contributed by atoms with Crippen LogP contribution in [0, 0.1) is 6.92 Å². The summed E-state index contributed by atoms with van der Waals surface area (Å²) in [7, 11) is 0. The molecule has 3 rings (SSSR count). The first-order chi connectivity index (χ1) is 10.1. The van der Waals surface area contributed by atoms with Crippen LogP contribution in [-0.4, -0.2) is 20.7 Å². The quantitative estimate of drug-likeness (QED) is 0.799. The lowest BCUT2D eigenvalue weighted by atomic mass is 10.2. The number of hydrogen-bond donors (Lipinski definition) is 1. The van der Waals surface area contributed by atoms with Crippen molar-refractivity contribution in [2.24, 2.45) is 0 Å². The van der Waals surface area contributed by atoms with Gasteiger partial charge in [0.15, 0.2) is 0 Å². The molecule has 0 fully saturated rings. The molecule has 0 spiro atoms. The SMILES string of the molecule is Cc1nn2ccc(OCc3ccccc3)cc2c1C(=O)O. The Morgan fingerprint density at radius 1 is 1.29 bits per heavy atom. The van der Waals surface area contributed by atoms with E-state index in [1.165, 1.54) is 0 Å². The van der Waals surface area contributed by atoms with Crippen LogP contribution in [0.4, 0.5) is 0 Å². The Balaban J connectivity index is 1.90. The molecule has 21 heavy (non-hydrogen) atoms. The molecule has 0 saturated carbocycles. The molecule has 3 aromatic rings. The van der Waals surface area contributed by atoms with Crippen molar-refractivity contribution in [1.29, 1.82) is 0 Å². The van der Waals surface area contributed by atoms with E-state index in [4.69, 9.17) is 4.74 Å². The van der Waals surface area contributed by atoms with Gasteiger partial charge in [-0.3, -0.25) is 0 Å². The molecular weight excluding hydrogens is 268 g/mol. The molecule has 0 amide bonds. The predicted octanol–water partition coefficient (Wildman–Crippen LogP) is 2.92. The van der Waals surface area contributed by atoms with Crippen LogP contribution < -0.4 is 4.74 Å². The van der Waals surface area contributed by atoms with Gasteiger partial charge in [0.25, 0.3) is 0 Å². The van der Waals surface area contributed by atoms with E-state index >= 15 is 0 Å². The van der Waals surface area contributed by atoms with Gasteiger partial charge in [-0.2, -0.15) is 5.10 Å². The van der Waals surface area contributed by atoms with Gasteiger partial charge in [0.05, 0.1) is 11.2 Å². The maximum absolute atomic E-state index is 11.3. The summed E-state index contributed by atoms with van der Waals surface area (Å²) >= 11 is 0. The number of carboxylic acid groups (broad SMARTS) is 1. The van der Waals surface area contributed by atoms with Gasteiger partial charge in [0.1, 0.15) is 17.9 Å². The molecule has 106 valence electrons. The Hall–Kier alpha value is -2.82. The molecule has 1 aromatic carbocycles. The fraction of sp³-hybridized carbons (Fsp3) is 0.125. The zero-order chi connectivity index (χ0) is 14.8. The molecule has 1 N–H and O–H groups in total. The molecule has 0 aliphatic heterocycles. The minimum Gasteiger partial charge on any atom is -0.489 e. The predicted molar refractivity (Wildman–Crippen MR) is 77.7 cm³/mol. The van der Waals surface area contributed by atoms with Crippen LogP contribution in [0.3, 0.4) is 0 Å². The summed E-state index contributed by atoms with van der Waals surface area (Å²) in [5.74, 6) is -0.364. The number of aromatic nitrogens is 2. The first-order valence-corrected chi connectivity index (χ1v) is 6.54. The van der Waals surface area contributed by atoms with Crippen molar-refractivity contribution in [1.82, 2.24) is 9.61 Å². The second kappa shape index (κ2) is 5.28. The van der Waals surface area contributed by atoms with Crippen LogP contribution in [-0.2, 0) is 6.61 Å². The van der Waals surface area contributed by atoms with Crippen LogP contribution in [0.15, 0.2) is 48.7 Å². The van der Waals surface area contributed by atoms with Crippen LogP contribution in [0.1, 0.15) is 21.6 Å². The third kappa shape index (κ3) is 2.58. The number of carbonyl (C=O) groups is 1. The number of pyridine rings is 1. The number of rotatable bonds is 4. The van der Waals surface area contributed by atoms with Gasteiger partial charge in [0.2, 0.25) is 0 Å². The monoisotopic (exact) mass is 282 g/mol. The summed E-state index contributed by atoms with van der Waals surface area (Å²) in [5.41, 5.74) is 2.29. The Labute approximate surface area is 121 Å². The highest BCUT2D eigenvalue weighted by Crippen LogP contribution is 2.21. The second-order valence-electron chi connectivity index (χ2n) is 4.73. The molecule has 0 atom stereocenters. The van der Waals surface area contributed by atoms with Crippen LogP contribution in [0.2, 0.25) is 0 Å². The summed E-state index contributed by atoms with van der Waals surface area (Å²) < 4.78 is 7.26. The average Bonchev–Trinajstić information content (AvgIpc) is 2.81. The van der Waals surface area contributed by atoms with E-state index in [-0.39, 0.29) is 5.56 Å². The lowest BCUT2D eigenvalue weighted by Crippen LogP contribution is -1.99. The normalized spacial score (nSPS) is 10.7. The molecule has 0 saturated heterocycles. The van der Waals surface area contributed by atoms with Gasteiger partial charge in [-0.05, 0) is 18.6 Å². The van der Waals surface area contributed by atoms with Gasteiger partial charge in [0, 0.05) is 12.3 Å². The molecular formula is C16H14N2O3. The van der Waals surface area contributed by atoms with Crippen molar-refractivity contribution >= 4 is 11.5 Å². The van der Waals surface area contributed by atoms with Crippen molar-refractivity contribution in [3.05, 3.63) is 65.5 Å². The molecule has 5 heteroatoms. The summed E-state index contributed by atoms with van der Waals surface area (Å²) in [6.07, 6.45) is 1.70. The van der Waals surface area contributed by atoms with Crippen molar-refractivity contribution in [3.63, 3.8) is 0 Å². The first-order valence-electron chi connectivity index (χ1n) is 6.54. The van der Waals surface area contributed by atoms with Gasteiger partial charge >= 0.3 is 5.97 Å². The van der Waals surface area contributed by atoms with E-state index in [0.717, 1.165) is 5.56 Å². The van der Waals surface area contributed by atoms with Crippen molar-refractivity contribution in [3.8, 4) is 5.75 Å². The van der Waals surface area contributed by atoms with Crippen molar-refractivity contribution < 1.29 is 14.6 Å². The molecule has 0 bridgehead atoms. The highest BCUT2D eigenvalue weighted by atomic mass is 16.5. The highest BCUT2D eigenvalue weighted by molar-refractivity contribution is 5.97. The molecule has 2 aromatic heterocycles. The first kappa shape index (κ1) is 13.2. The molecule has 0 aliphatic rings. The Morgan fingerprint density at radius 3 is 2.76 bits per heavy atom. The smallest absolute Gasteiger partial charge is 0.339 e. The summed E-state index contributed by atoms with van der Waals surface area (Å²) in [6, 6.07) is 13.3. The van der Waals surface area contributed by atoms with Crippen molar-refractivity contribution in [2.75, 3.05) is 0 Å². The molecule has 0 unspecified atom stereocenters. The number of benzene rings is 1. The number of aryl methyl sites for hydroxylation is 1. The second-order valence-corrected chi connectivity index (χ2v) is 4.73. The fourth-order valence-corrected chi connectivity index (χ4v) is 2.24. The highest BCUT2D eigenvalue weighted by Gasteiger charge is 2.16. The third-order valence-corrected chi connectivity index (χ3v) is 3.24. The minimum atomic E-state index is -0.984. The van der Waals surface area contributed by atoms with E-state index in [2.05, 4.69) is 5.10 Å². The number of aromatic carboxylic acids is 1. The number of hydrogen-bond acceptors (Lipinski definition) is 3. The lowest BCUT2D eigenvalue weighted by molar-refractivity contribution is 0.0698. The Kier molecular flexibility index (Phi) is 3.31. The largest absolute Gasteiger partial charge is 0.489 e. The summed E-state index contributed by atoms with van der Waals surface area (Å²) in [4.78, 5) is 11.3. The molecule has 5 nitrogen and oxygen atoms in total. The number of carboxylic acids is 1. The summed E-state index contributed by atoms with van der Waals surface area (Å²) in [6.45, 7) is 2.12. The van der Waals surface area contributed by atoms with Crippen LogP contribution >= 0.6 is 0 Å². The fourth-order valence-electron chi connectivity index (χ4n) is 2.24. The maximum Gasteiger partial charge on any atom is 0.339 e. The topological polar surface area (TPSA) is 63.8 Å². The zero-order valence-electron chi connectivity index (χ0n) is 11.5. The van der Waals surface area contributed by atoms with Crippen LogP contribution in [0.25, 0.3) is 5.52 Å². The van der Waals surface area contributed by atoms with Gasteiger partial charge < -0.3 is 9.84 Å². The van der Waals surface area contributed by atoms with E-state index in [0.29, 0.717) is 23.6 Å². The number of fused-ring (bicyclic) bond motifs is 1. The minimum absolute atomic E-state index is 0.208. The Bertz CT molecular complexity index is 794.